The van der Waals surface area contributed by atoms with Crippen LogP contribution >= 0.6 is 0 Å². The first-order chi connectivity index (χ1) is 19.7. The Morgan fingerprint density at radius 2 is 1.78 bits per heavy atom. The minimum absolute atomic E-state index is 0.0270. The Labute approximate surface area is 247 Å². The molecule has 2 unspecified atom stereocenters. The van der Waals surface area contributed by atoms with Crippen molar-refractivity contribution in [2.24, 2.45) is 17.8 Å². The summed E-state index contributed by atoms with van der Waals surface area (Å²) in [6.07, 6.45) is 12.0. The normalized spacial score (nSPS) is 32.5. The van der Waals surface area contributed by atoms with E-state index in [1.54, 1.807) is 22.0 Å². The lowest BCUT2D eigenvalue weighted by molar-refractivity contribution is -0.160. The lowest BCUT2D eigenvalue weighted by Crippen LogP contribution is -2.61. The Bertz CT molecular complexity index is 995. The van der Waals surface area contributed by atoms with Gasteiger partial charge in [-0.05, 0) is 44.4 Å². The Kier molecular flexibility index (Phi) is 10.1. The van der Waals surface area contributed by atoms with Gasteiger partial charge in [0.05, 0.1) is 30.1 Å². The predicted molar refractivity (Wildman–Crippen MR) is 160 cm³/mol. The molecule has 3 saturated heterocycles. The predicted octanol–water partition coefficient (Wildman–Crippen LogP) is 4.32. The van der Waals surface area contributed by atoms with Crippen molar-refractivity contribution in [3.05, 3.63) is 25.3 Å². The molecule has 1 aliphatic carbocycles. The van der Waals surface area contributed by atoms with E-state index in [9.17, 15) is 19.5 Å². The van der Waals surface area contributed by atoms with E-state index in [1.165, 1.54) is 0 Å². The molecule has 3 heterocycles. The van der Waals surface area contributed by atoms with E-state index in [0.717, 1.165) is 44.9 Å². The molecule has 3 aliphatic heterocycles. The third kappa shape index (κ3) is 5.17. The van der Waals surface area contributed by atoms with E-state index in [0.29, 0.717) is 38.9 Å². The summed E-state index contributed by atoms with van der Waals surface area (Å²) < 4.78 is 7.03. The van der Waals surface area contributed by atoms with Gasteiger partial charge in [0.25, 0.3) is 0 Å². The van der Waals surface area contributed by atoms with Crippen LogP contribution in [-0.2, 0) is 19.1 Å². The van der Waals surface area contributed by atoms with Crippen molar-refractivity contribution in [2.75, 3.05) is 26.2 Å². The molecule has 0 aromatic carbocycles. The van der Waals surface area contributed by atoms with Crippen LogP contribution in [0.5, 0.6) is 0 Å². The number of nitrogens with zero attached hydrogens (tertiary/aromatic N) is 3. The number of likely N-dealkylation sites (tertiary alicyclic amines) is 1. The van der Waals surface area contributed by atoms with Gasteiger partial charge in [-0.1, -0.05) is 65.5 Å². The van der Waals surface area contributed by atoms with Gasteiger partial charge in [0.2, 0.25) is 17.7 Å². The van der Waals surface area contributed by atoms with Crippen LogP contribution in [0.3, 0.4) is 0 Å². The second kappa shape index (κ2) is 13.0. The highest BCUT2D eigenvalue weighted by molar-refractivity contribution is 5.99. The fourth-order valence-electron chi connectivity index (χ4n) is 8.50. The van der Waals surface area contributed by atoms with Crippen LogP contribution in [0.4, 0.5) is 0 Å². The third-order valence-electron chi connectivity index (χ3n) is 10.7. The van der Waals surface area contributed by atoms with Crippen molar-refractivity contribution in [2.45, 2.75) is 121 Å². The molecule has 41 heavy (non-hydrogen) atoms. The van der Waals surface area contributed by atoms with Gasteiger partial charge in [-0.2, -0.15) is 0 Å². The topological polar surface area (TPSA) is 90.4 Å². The molecule has 0 aromatic heterocycles. The highest BCUT2D eigenvalue weighted by atomic mass is 16.5. The number of fused-ring (bicyclic) bond motifs is 1. The van der Waals surface area contributed by atoms with Gasteiger partial charge in [0.15, 0.2) is 0 Å². The largest absolute Gasteiger partial charge is 0.394 e. The van der Waals surface area contributed by atoms with E-state index >= 15 is 0 Å². The van der Waals surface area contributed by atoms with Crippen LogP contribution < -0.4 is 0 Å². The number of rotatable bonds is 14. The number of hydrogen-bond acceptors (Lipinski definition) is 5. The van der Waals surface area contributed by atoms with Gasteiger partial charge in [-0.3, -0.25) is 14.4 Å². The summed E-state index contributed by atoms with van der Waals surface area (Å²) in [6.45, 7) is 17.1. The average molecular weight is 572 g/mol. The summed E-state index contributed by atoms with van der Waals surface area (Å²) in [5.74, 6) is -1.86. The molecule has 0 radical (unpaired) electrons. The Morgan fingerprint density at radius 1 is 1.10 bits per heavy atom. The van der Waals surface area contributed by atoms with Crippen LogP contribution in [0.2, 0.25) is 0 Å². The lowest BCUT2D eigenvalue weighted by atomic mass is 9.64. The summed E-state index contributed by atoms with van der Waals surface area (Å²) in [4.78, 5) is 49.3. The Balaban J connectivity index is 1.85. The number of aliphatic hydroxyl groups is 1. The molecule has 2 bridgehead atoms. The van der Waals surface area contributed by atoms with Crippen molar-refractivity contribution < 1.29 is 24.2 Å². The van der Waals surface area contributed by atoms with Gasteiger partial charge in [0, 0.05) is 25.7 Å². The van der Waals surface area contributed by atoms with Gasteiger partial charge in [-0.15, -0.1) is 13.2 Å². The molecule has 1 spiro atoms. The Morgan fingerprint density at radius 3 is 2.34 bits per heavy atom. The standard InChI is InChI=1S/C33H53N3O5/c1-7-19-34(20-8-2)29(38)26-27-30(39)36(25(22-37)23(6)10-4)28(33(27)18-17-32(26,11-5)41-33)31(40)35(21-9-3)24-15-13-12-14-16-24/h7,9,23-28,37H,1,3,8,10-22H2,2,4-6H3/t23-,25-,26-,27-,28?,32+,33?/m0/s1. The fourth-order valence-corrected chi connectivity index (χ4v) is 8.50. The number of aliphatic hydroxyl groups excluding tert-OH is 1. The zero-order valence-corrected chi connectivity index (χ0v) is 25.9. The molecule has 4 fully saturated rings. The molecular weight excluding hydrogens is 518 g/mol. The van der Waals surface area contributed by atoms with Crippen LogP contribution in [0.1, 0.15) is 91.9 Å². The number of carbonyl (C=O) groups is 3. The van der Waals surface area contributed by atoms with Crippen molar-refractivity contribution in [1.29, 1.82) is 0 Å². The van der Waals surface area contributed by atoms with E-state index in [2.05, 4.69) is 13.2 Å². The van der Waals surface area contributed by atoms with E-state index in [4.69, 9.17) is 4.74 Å². The molecule has 0 aromatic rings. The van der Waals surface area contributed by atoms with Crippen molar-refractivity contribution in [3.8, 4) is 0 Å². The van der Waals surface area contributed by atoms with Gasteiger partial charge in [-0.25, -0.2) is 0 Å². The minimum atomic E-state index is -1.09. The van der Waals surface area contributed by atoms with Crippen LogP contribution in [0, 0.1) is 17.8 Å². The average Bonchev–Trinajstić information content (AvgIpc) is 3.59. The summed E-state index contributed by atoms with van der Waals surface area (Å²) >= 11 is 0. The molecule has 4 aliphatic rings. The maximum absolute atomic E-state index is 14.9. The summed E-state index contributed by atoms with van der Waals surface area (Å²) in [5, 5.41) is 10.7. The maximum Gasteiger partial charge on any atom is 0.248 e. The molecule has 3 amide bonds. The molecule has 8 nitrogen and oxygen atoms in total. The van der Waals surface area contributed by atoms with Crippen LogP contribution in [0.15, 0.2) is 25.3 Å². The first-order valence-electron chi connectivity index (χ1n) is 16.2. The van der Waals surface area contributed by atoms with Crippen molar-refractivity contribution in [1.82, 2.24) is 14.7 Å². The molecule has 8 heteroatoms. The fraction of sp³-hybridized carbons (Fsp3) is 0.788. The second-order valence-corrected chi connectivity index (χ2v) is 12.9. The van der Waals surface area contributed by atoms with E-state index in [-0.39, 0.29) is 36.3 Å². The zero-order chi connectivity index (χ0) is 29.9. The third-order valence-corrected chi connectivity index (χ3v) is 10.7. The molecule has 4 rings (SSSR count). The van der Waals surface area contributed by atoms with Gasteiger partial charge < -0.3 is 24.5 Å². The zero-order valence-electron chi connectivity index (χ0n) is 25.9. The molecular formula is C33H53N3O5. The highest BCUT2D eigenvalue weighted by Gasteiger charge is 2.79. The van der Waals surface area contributed by atoms with E-state index in [1.807, 2.05) is 32.6 Å². The number of amides is 3. The maximum atomic E-state index is 14.9. The van der Waals surface area contributed by atoms with E-state index < -0.39 is 35.1 Å². The molecule has 7 atom stereocenters. The quantitative estimate of drug-likeness (QED) is 0.314. The monoisotopic (exact) mass is 571 g/mol. The number of carbonyl (C=O) groups excluding carboxylic acids is 3. The van der Waals surface area contributed by atoms with Crippen LogP contribution in [-0.4, -0.2) is 93.1 Å². The first-order valence-corrected chi connectivity index (χ1v) is 16.2. The minimum Gasteiger partial charge on any atom is -0.394 e. The number of hydrogen-bond donors (Lipinski definition) is 1. The SMILES string of the molecule is C=CCN(CCC)C(=O)[C@@H]1[C@H]2C(=O)N([C@@H](CO)[C@@H](C)CC)C(C(=O)N(CC=C)C3CCCCC3)C23CC[C@@]1(CC)O3. The molecule has 230 valence electrons. The smallest absolute Gasteiger partial charge is 0.248 e. The number of ether oxygens (including phenoxy) is 1. The summed E-state index contributed by atoms with van der Waals surface area (Å²) in [7, 11) is 0. The van der Waals surface area contributed by atoms with Crippen molar-refractivity contribution >= 4 is 17.7 Å². The van der Waals surface area contributed by atoms with Gasteiger partial charge in [0.1, 0.15) is 11.6 Å². The van der Waals surface area contributed by atoms with Gasteiger partial charge >= 0.3 is 0 Å². The summed E-state index contributed by atoms with van der Waals surface area (Å²) in [5.41, 5.74) is -1.88. The molecule has 1 N–H and O–H groups in total. The first kappa shape index (κ1) is 31.7. The lowest BCUT2D eigenvalue weighted by Gasteiger charge is -2.43. The second-order valence-electron chi connectivity index (χ2n) is 12.9. The van der Waals surface area contributed by atoms with Crippen molar-refractivity contribution in [3.63, 3.8) is 0 Å². The van der Waals surface area contributed by atoms with Crippen LogP contribution in [0.25, 0.3) is 0 Å². The highest BCUT2D eigenvalue weighted by Crippen LogP contribution is 2.65. The molecule has 1 saturated carbocycles. The summed E-state index contributed by atoms with van der Waals surface area (Å²) in [6, 6.07) is -1.32. The Hall–Kier alpha value is -2.19.